The summed E-state index contributed by atoms with van der Waals surface area (Å²) >= 11 is 1.81. The largest absolute Gasteiger partial charge is 0.456 e. The molecular weight excluding hydrogens is 789 g/mol. The van der Waals surface area contributed by atoms with Crippen molar-refractivity contribution in [2.45, 2.75) is 12.3 Å². The third-order valence-electron chi connectivity index (χ3n) is 12.7. The van der Waals surface area contributed by atoms with Crippen molar-refractivity contribution in [3.8, 4) is 44.6 Å². The quantitative estimate of drug-likeness (QED) is 0.168. The molecule has 13 rings (SSSR count). The van der Waals surface area contributed by atoms with Crippen LogP contribution in [0, 0.1) is 0 Å². The van der Waals surface area contributed by atoms with Gasteiger partial charge in [-0.3, -0.25) is 9.97 Å². The minimum Gasteiger partial charge on any atom is -0.456 e. The number of nitrogens with zero attached hydrogens (tertiary/aromatic N) is 2. The Morgan fingerprint density at radius 1 is 0.444 bits per heavy atom. The van der Waals surface area contributed by atoms with Gasteiger partial charge < -0.3 is 8.83 Å². The molecular formula is C58H36N2O2S. The average molecular weight is 825 g/mol. The van der Waals surface area contributed by atoms with Gasteiger partial charge >= 0.3 is 0 Å². The molecule has 0 radical (unpaired) electrons. The maximum Gasteiger partial charge on any atom is 0.138 e. The van der Waals surface area contributed by atoms with Crippen LogP contribution in [-0.4, -0.2) is 9.97 Å². The first kappa shape index (κ1) is 35.9. The lowest BCUT2D eigenvalue weighted by atomic mass is 9.86. The molecule has 0 fully saturated rings. The monoisotopic (exact) mass is 824 g/mol. The van der Waals surface area contributed by atoms with Crippen LogP contribution >= 0.6 is 11.3 Å². The van der Waals surface area contributed by atoms with E-state index >= 15 is 0 Å². The van der Waals surface area contributed by atoms with Crippen LogP contribution in [0.25, 0.3) is 114 Å². The van der Waals surface area contributed by atoms with Crippen molar-refractivity contribution in [3.63, 3.8) is 0 Å². The second-order valence-electron chi connectivity index (χ2n) is 16.5. The maximum atomic E-state index is 6.11. The molecule has 296 valence electrons. The Morgan fingerprint density at radius 3 is 1.87 bits per heavy atom. The van der Waals surface area contributed by atoms with Crippen LogP contribution in [0.4, 0.5) is 0 Å². The van der Waals surface area contributed by atoms with Gasteiger partial charge in [0.1, 0.15) is 22.3 Å². The molecule has 7 aromatic carbocycles. The smallest absolute Gasteiger partial charge is 0.138 e. The number of para-hydroxylation sites is 1. The summed E-state index contributed by atoms with van der Waals surface area (Å²) in [5, 5.41) is 6.90. The molecule has 1 atom stereocenters. The molecule has 0 saturated heterocycles. The summed E-state index contributed by atoms with van der Waals surface area (Å²) in [5.74, 6) is 0.270. The number of hydrogen-bond acceptors (Lipinski definition) is 5. The minimum absolute atomic E-state index is 0.270. The number of aromatic nitrogens is 2. The molecule has 4 nitrogen and oxygen atoms in total. The number of benzene rings is 7. The highest BCUT2D eigenvalue weighted by Gasteiger charge is 2.17. The van der Waals surface area contributed by atoms with E-state index in [1.165, 1.54) is 64.7 Å². The molecule has 5 heterocycles. The van der Waals surface area contributed by atoms with Gasteiger partial charge in [-0.05, 0) is 123 Å². The van der Waals surface area contributed by atoms with Crippen molar-refractivity contribution in [3.05, 3.63) is 212 Å². The summed E-state index contributed by atoms with van der Waals surface area (Å²) in [7, 11) is 0. The van der Waals surface area contributed by atoms with Gasteiger partial charge in [0.05, 0.1) is 10.4 Å². The van der Waals surface area contributed by atoms with E-state index in [2.05, 4.69) is 169 Å². The summed E-state index contributed by atoms with van der Waals surface area (Å²) in [6.45, 7) is 0. The second-order valence-corrected chi connectivity index (χ2v) is 17.6. The van der Waals surface area contributed by atoms with Gasteiger partial charge in [-0.1, -0.05) is 115 Å². The summed E-state index contributed by atoms with van der Waals surface area (Å²) in [6.07, 6.45) is 13.7. The third-order valence-corrected chi connectivity index (χ3v) is 13.9. The highest BCUT2D eigenvalue weighted by molar-refractivity contribution is 7.25. The van der Waals surface area contributed by atoms with Crippen molar-refractivity contribution in [2.75, 3.05) is 0 Å². The number of furan rings is 2. The predicted molar refractivity (Wildman–Crippen MR) is 262 cm³/mol. The highest BCUT2D eigenvalue weighted by Crippen LogP contribution is 2.41. The number of hydrogen-bond donors (Lipinski definition) is 0. The molecule has 0 amide bonds. The van der Waals surface area contributed by atoms with Crippen LogP contribution in [-0.2, 0) is 0 Å². The van der Waals surface area contributed by atoms with Crippen molar-refractivity contribution in [1.29, 1.82) is 0 Å². The van der Waals surface area contributed by atoms with E-state index in [0.29, 0.717) is 0 Å². The van der Waals surface area contributed by atoms with E-state index in [9.17, 15) is 0 Å². The lowest BCUT2D eigenvalue weighted by Crippen LogP contribution is -1.99. The van der Waals surface area contributed by atoms with E-state index in [0.717, 1.165) is 67.1 Å². The average Bonchev–Trinajstić information content (AvgIpc) is 4.04. The molecule has 0 N–H and O–H groups in total. The molecule has 0 bridgehead atoms. The number of rotatable bonds is 6. The maximum absolute atomic E-state index is 6.11. The summed E-state index contributed by atoms with van der Waals surface area (Å²) in [5.41, 5.74) is 16.4. The van der Waals surface area contributed by atoms with Crippen LogP contribution < -0.4 is 0 Å². The van der Waals surface area contributed by atoms with Crippen molar-refractivity contribution >= 4 is 81.0 Å². The lowest BCUT2D eigenvalue weighted by molar-refractivity contribution is 0.668. The Kier molecular flexibility index (Phi) is 8.18. The molecule has 5 heteroatoms. The van der Waals surface area contributed by atoms with Gasteiger partial charge in [-0.25, -0.2) is 0 Å². The van der Waals surface area contributed by atoms with Gasteiger partial charge in [0, 0.05) is 67.1 Å². The normalized spacial score (nSPS) is 14.2. The first-order chi connectivity index (χ1) is 31.1. The van der Waals surface area contributed by atoms with Gasteiger partial charge in [-0.2, -0.15) is 0 Å². The summed E-state index contributed by atoms with van der Waals surface area (Å²) in [4.78, 5) is 9.35. The molecule has 1 aliphatic carbocycles. The van der Waals surface area contributed by atoms with Crippen LogP contribution in [0.5, 0.6) is 0 Å². The second kappa shape index (κ2) is 14.4. The molecule has 1 aliphatic rings. The Bertz CT molecular complexity index is 3860. The van der Waals surface area contributed by atoms with Gasteiger partial charge in [0.25, 0.3) is 0 Å². The third kappa shape index (κ3) is 6.19. The Balaban J connectivity index is 0.803. The fourth-order valence-electron chi connectivity index (χ4n) is 9.52. The zero-order chi connectivity index (χ0) is 41.4. The number of pyridine rings is 2. The van der Waals surface area contributed by atoms with E-state index in [-0.39, 0.29) is 5.92 Å². The molecule has 0 spiro atoms. The molecule has 5 aromatic heterocycles. The molecule has 0 aliphatic heterocycles. The topological polar surface area (TPSA) is 52.1 Å². The fraction of sp³-hybridized carbons (Fsp3) is 0.0345. The van der Waals surface area contributed by atoms with E-state index < -0.39 is 0 Å². The zero-order valence-corrected chi connectivity index (χ0v) is 34.8. The van der Waals surface area contributed by atoms with E-state index in [1.54, 1.807) is 17.5 Å². The standard InChI is InChI=1S/C58H36N2O2S/c1-2-16-53-46(15-1)47-29-42(17-20-54(47)61-53)38-10-5-9-37(27-38)41-13-6-14-45(28-41)52-32-50-49-31-44(19-22-57(49)63-58(50)34-60-52)40-12-4-8-36(26-40)35-7-3-11-39(25-35)43-18-21-55-48(30-43)51-33-59-24-23-56(51)62-55/h1-7,9-34,36H,8H2. The van der Waals surface area contributed by atoms with Crippen LogP contribution in [0.15, 0.2) is 209 Å². The molecule has 0 saturated carbocycles. The van der Waals surface area contributed by atoms with Crippen molar-refractivity contribution in [1.82, 2.24) is 9.97 Å². The first-order valence-corrected chi connectivity index (χ1v) is 22.2. The summed E-state index contributed by atoms with van der Waals surface area (Å²) in [6, 6.07) is 58.9. The number of thiophene rings is 1. The number of fused-ring (bicyclic) bond motifs is 9. The van der Waals surface area contributed by atoms with Gasteiger partial charge in [0.2, 0.25) is 0 Å². The highest BCUT2D eigenvalue weighted by atomic mass is 32.1. The van der Waals surface area contributed by atoms with Crippen LogP contribution in [0.2, 0.25) is 0 Å². The Morgan fingerprint density at radius 2 is 1.06 bits per heavy atom. The molecule has 12 aromatic rings. The van der Waals surface area contributed by atoms with E-state index in [4.69, 9.17) is 13.8 Å². The van der Waals surface area contributed by atoms with Gasteiger partial charge in [0.15, 0.2) is 0 Å². The minimum atomic E-state index is 0.270. The Hall–Kier alpha value is -7.86. The number of allylic oxidation sites excluding steroid dienone is 4. The van der Waals surface area contributed by atoms with Crippen LogP contribution in [0.1, 0.15) is 23.5 Å². The first-order valence-electron chi connectivity index (χ1n) is 21.4. The molecule has 63 heavy (non-hydrogen) atoms. The van der Waals surface area contributed by atoms with Crippen molar-refractivity contribution in [2.24, 2.45) is 0 Å². The SMILES string of the molecule is C1=CC(c2ccc3sc4cnc(-c5cccc(-c6cccc(-c7ccc8oc9ccccc9c8c7)c6)c5)cc4c3c2)=CC(c2cccc(-c3ccc4oc5ccncc5c4c3)c2)C1. The van der Waals surface area contributed by atoms with Crippen LogP contribution in [0.3, 0.4) is 0 Å². The summed E-state index contributed by atoms with van der Waals surface area (Å²) < 4.78 is 14.6. The predicted octanol–water partition coefficient (Wildman–Crippen LogP) is 16.4. The lowest BCUT2D eigenvalue weighted by Gasteiger charge is -2.18. The zero-order valence-electron chi connectivity index (χ0n) is 34.0. The van der Waals surface area contributed by atoms with Crippen molar-refractivity contribution < 1.29 is 8.83 Å². The Labute approximate surface area is 366 Å². The fourth-order valence-corrected chi connectivity index (χ4v) is 10.6. The molecule has 1 unspecified atom stereocenters. The van der Waals surface area contributed by atoms with Gasteiger partial charge in [-0.15, -0.1) is 11.3 Å². The van der Waals surface area contributed by atoms with E-state index in [1.807, 2.05) is 30.6 Å².